The number of halogens is 1. The van der Waals surface area contributed by atoms with Gasteiger partial charge >= 0.3 is 0 Å². The standard InChI is InChI=1S/C16H13BrN4O/c17-13-6-12(8-19-9-13)16(22)21-7-10-1-2-14-11(5-10)3-4-20-15(14)18/h1-6,8-9H,7H2,(H2,18,20)(H,21,22). The van der Waals surface area contributed by atoms with E-state index in [-0.39, 0.29) is 5.91 Å². The van der Waals surface area contributed by atoms with Crippen LogP contribution >= 0.6 is 15.9 Å². The van der Waals surface area contributed by atoms with Crippen molar-refractivity contribution in [2.24, 2.45) is 0 Å². The molecule has 0 aliphatic carbocycles. The van der Waals surface area contributed by atoms with E-state index < -0.39 is 0 Å². The third kappa shape index (κ3) is 3.07. The largest absolute Gasteiger partial charge is 0.383 e. The fraction of sp³-hybridized carbons (Fsp3) is 0.0625. The summed E-state index contributed by atoms with van der Waals surface area (Å²) in [5, 5.41) is 4.79. The van der Waals surface area contributed by atoms with Crippen molar-refractivity contribution in [1.82, 2.24) is 15.3 Å². The van der Waals surface area contributed by atoms with Gasteiger partial charge in [0.2, 0.25) is 0 Å². The van der Waals surface area contributed by atoms with E-state index in [9.17, 15) is 4.79 Å². The molecule has 5 nitrogen and oxygen atoms in total. The van der Waals surface area contributed by atoms with E-state index in [1.54, 1.807) is 18.5 Å². The zero-order valence-electron chi connectivity index (χ0n) is 11.6. The van der Waals surface area contributed by atoms with Gasteiger partial charge in [0.1, 0.15) is 5.82 Å². The monoisotopic (exact) mass is 356 g/mol. The van der Waals surface area contributed by atoms with Gasteiger partial charge in [-0.3, -0.25) is 9.78 Å². The summed E-state index contributed by atoms with van der Waals surface area (Å²) in [6, 6.07) is 9.47. The van der Waals surface area contributed by atoms with E-state index in [4.69, 9.17) is 5.73 Å². The summed E-state index contributed by atoms with van der Waals surface area (Å²) >= 11 is 3.30. The van der Waals surface area contributed by atoms with Crippen LogP contribution in [0.1, 0.15) is 15.9 Å². The molecule has 6 heteroatoms. The number of fused-ring (bicyclic) bond motifs is 1. The van der Waals surface area contributed by atoms with Crippen LogP contribution in [-0.4, -0.2) is 15.9 Å². The third-order valence-corrected chi connectivity index (χ3v) is 3.71. The Morgan fingerprint density at radius 2 is 2.09 bits per heavy atom. The van der Waals surface area contributed by atoms with Crippen molar-refractivity contribution in [1.29, 1.82) is 0 Å². The molecule has 0 aliphatic rings. The summed E-state index contributed by atoms with van der Waals surface area (Å²) in [7, 11) is 0. The number of amides is 1. The minimum absolute atomic E-state index is 0.164. The molecule has 3 aromatic rings. The molecule has 3 rings (SSSR count). The Bertz CT molecular complexity index is 850. The van der Waals surface area contributed by atoms with Crippen molar-refractivity contribution in [3.8, 4) is 0 Å². The zero-order chi connectivity index (χ0) is 15.5. The van der Waals surface area contributed by atoms with Gasteiger partial charge < -0.3 is 11.1 Å². The van der Waals surface area contributed by atoms with E-state index in [0.29, 0.717) is 17.9 Å². The van der Waals surface area contributed by atoms with Gasteiger partial charge in [0, 0.05) is 35.0 Å². The number of nitrogens with one attached hydrogen (secondary N) is 1. The smallest absolute Gasteiger partial charge is 0.253 e. The maximum atomic E-state index is 12.1. The lowest BCUT2D eigenvalue weighted by Gasteiger charge is -2.07. The van der Waals surface area contributed by atoms with Crippen LogP contribution < -0.4 is 11.1 Å². The lowest BCUT2D eigenvalue weighted by atomic mass is 10.1. The number of nitrogens with two attached hydrogens (primary N) is 1. The number of carbonyl (C=O) groups is 1. The quantitative estimate of drug-likeness (QED) is 0.755. The third-order valence-electron chi connectivity index (χ3n) is 3.28. The molecule has 2 aromatic heterocycles. The number of anilines is 1. The molecule has 0 unspecified atom stereocenters. The highest BCUT2D eigenvalue weighted by atomic mass is 79.9. The average Bonchev–Trinajstić information content (AvgIpc) is 2.53. The summed E-state index contributed by atoms with van der Waals surface area (Å²) in [6.07, 6.45) is 4.85. The van der Waals surface area contributed by atoms with Crippen molar-refractivity contribution in [2.75, 3.05) is 5.73 Å². The van der Waals surface area contributed by atoms with Gasteiger partial charge in [-0.05, 0) is 45.1 Å². The Hall–Kier alpha value is -2.47. The SMILES string of the molecule is Nc1nccc2cc(CNC(=O)c3cncc(Br)c3)ccc12. The lowest BCUT2D eigenvalue weighted by Crippen LogP contribution is -2.22. The molecule has 0 aliphatic heterocycles. The molecule has 0 fully saturated rings. The first-order valence-corrected chi connectivity index (χ1v) is 7.44. The maximum absolute atomic E-state index is 12.1. The highest BCUT2D eigenvalue weighted by Crippen LogP contribution is 2.20. The molecule has 3 N–H and O–H groups in total. The number of hydrogen-bond acceptors (Lipinski definition) is 4. The predicted molar refractivity (Wildman–Crippen MR) is 89.3 cm³/mol. The number of nitrogens with zero attached hydrogens (tertiary/aromatic N) is 2. The molecule has 0 saturated heterocycles. The van der Waals surface area contributed by atoms with Crippen LogP contribution in [0.5, 0.6) is 0 Å². The van der Waals surface area contributed by atoms with Crippen LogP contribution in [0.2, 0.25) is 0 Å². The summed E-state index contributed by atoms with van der Waals surface area (Å²) < 4.78 is 0.772. The number of rotatable bonds is 3. The topological polar surface area (TPSA) is 80.9 Å². The van der Waals surface area contributed by atoms with Crippen LogP contribution in [0, 0.1) is 0 Å². The number of aromatic nitrogens is 2. The first-order chi connectivity index (χ1) is 10.6. The van der Waals surface area contributed by atoms with Crippen molar-refractivity contribution in [2.45, 2.75) is 6.54 Å². The van der Waals surface area contributed by atoms with Crippen LogP contribution in [0.15, 0.2) is 53.4 Å². The van der Waals surface area contributed by atoms with E-state index in [1.807, 2.05) is 24.3 Å². The fourth-order valence-corrected chi connectivity index (χ4v) is 2.55. The second kappa shape index (κ2) is 6.11. The highest BCUT2D eigenvalue weighted by Gasteiger charge is 2.07. The fourth-order valence-electron chi connectivity index (χ4n) is 2.18. The van der Waals surface area contributed by atoms with Gasteiger partial charge in [-0.15, -0.1) is 0 Å². The van der Waals surface area contributed by atoms with Crippen molar-refractivity contribution >= 4 is 38.4 Å². The summed E-state index contributed by atoms with van der Waals surface area (Å²) in [6.45, 7) is 0.434. The summed E-state index contributed by atoms with van der Waals surface area (Å²) in [5.74, 6) is 0.344. The molecule has 0 atom stereocenters. The van der Waals surface area contributed by atoms with Crippen LogP contribution in [0.25, 0.3) is 10.8 Å². The molecule has 1 aromatic carbocycles. The maximum Gasteiger partial charge on any atom is 0.253 e. The van der Waals surface area contributed by atoms with Crippen LogP contribution in [0.3, 0.4) is 0 Å². The summed E-state index contributed by atoms with van der Waals surface area (Å²) in [4.78, 5) is 20.1. The van der Waals surface area contributed by atoms with E-state index in [2.05, 4.69) is 31.2 Å². The highest BCUT2D eigenvalue weighted by molar-refractivity contribution is 9.10. The normalized spacial score (nSPS) is 10.6. The first-order valence-electron chi connectivity index (χ1n) is 6.65. The Morgan fingerprint density at radius 3 is 2.91 bits per heavy atom. The Balaban J connectivity index is 1.75. The molecule has 1 amide bonds. The minimum atomic E-state index is -0.164. The van der Waals surface area contributed by atoms with Gasteiger partial charge in [-0.2, -0.15) is 0 Å². The second-order valence-electron chi connectivity index (χ2n) is 4.83. The van der Waals surface area contributed by atoms with Gasteiger partial charge in [0.15, 0.2) is 0 Å². The molecular weight excluding hydrogens is 344 g/mol. The molecule has 110 valence electrons. The van der Waals surface area contributed by atoms with Crippen LogP contribution in [0.4, 0.5) is 5.82 Å². The zero-order valence-corrected chi connectivity index (χ0v) is 13.2. The number of hydrogen-bond donors (Lipinski definition) is 2. The summed E-state index contributed by atoms with van der Waals surface area (Å²) in [5.41, 5.74) is 7.34. The molecule has 0 radical (unpaired) electrons. The van der Waals surface area contributed by atoms with E-state index in [1.165, 1.54) is 6.20 Å². The van der Waals surface area contributed by atoms with Gasteiger partial charge in [-0.1, -0.05) is 12.1 Å². The molecule has 22 heavy (non-hydrogen) atoms. The lowest BCUT2D eigenvalue weighted by molar-refractivity contribution is 0.0950. The second-order valence-corrected chi connectivity index (χ2v) is 5.74. The van der Waals surface area contributed by atoms with Gasteiger partial charge in [0.25, 0.3) is 5.91 Å². The Morgan fingerprint density at radius 1 is 1.23 bits per heavy atom. The Labute approximate surface area is 135 Å². The molecule has 0 bridgehead atoms. The molecule has 0 saturated carbocycles. The van der Waals surface area contributed by atoms with E-state index >= 15 is 0 Å². The first kappa shape index (κ1) is 14.5. The van der Waals surface area contributed by atoms with Crippen molar-refractivity contribution in [3.05, 3.63) is 64.5 Å². The molecular formula is C16H13BrN4O. The Kier molecular flexibility index (Phi) is 4.02. The predicted octanol–water partition coefficient (Wildman–Crippen LogP) is 2.90. The van der Waals surface area contributed by atoms with Crippen molar-refractivity contribution in [3.63, 3.8) is 0 Å². The number of carbonyl (C=O) groups excluding carboxylic acids is 1. The van der Waals surface area contributed by atoms with E-state index in [0.717, 1.165) is 20.8 Å². The number of benzene rings is 1. The average molecular weight is 357 g/mol. The molecule has 0 spiro atoms. The van der Waals surface area contributed by atoms with Gasteiger partial charge in [-0.25, -0.2) is 4.98 Å². The minimum Gasteiger partial charge on any atom is -0.383 e. The molecule has 2 heterocycles. The van der Waals surface area contributed by atoms with Crippen molar-refractivity contribution < 1.29 is 4.79 Å². The van der Waals surface area contributed by atoms with Gasteiger partial charge in [0.05, 0.1) is 5.56 Å². The number of pyridine rings is 2. The number of nitrogen functional groups attached to an aromatic ring is 1. The van der Waals surface area contributed by atoms with Crippen LogP contribution in [-0.2, 0) is 6.54 Å².